The molecule has 0 aliphatic heterocycles. The molecule has 0 radical (unpaired) electrons. The van der Waals surface area contributed by atoms with Gasteiger partial charge in [0.05, 0.1) is 21.8 Å². The van der Waals surface area contributed by atoms with Crippen LogP contribution in [0.4, 0.5) is 4.39 Å². The molecule has 1 heterocycles. The number of hydrogen-bond donors (Lipinski definition) is 1. The van der Waals surface area contributed by atoms with Gasteiger partial charge in [0, 0.05) is 12.6 Å². The van der Waals surface area contributed by atoms with Gasteiger partial charge in [0.1, 0.15) is 5.82 Å². The molecular weight excluding hydrogens is 315 g/mol. The third kappa shape index (κ3) is 3.01. The number of hydrogen-bond acceptors (Lipinski definition) is 3. The van der Waals surface area contributed by atoms with Crippen LogP contribution in [0.5, 0.6) is 0 Å². The van der Waals surface area contributed by atoms with Crippen LogP contribution in [0.1, 0.15) is 19.8 Å². The first-order valence-electron chi connectivity index (χ1n) is 6.58. The van der Waals surface area contributed by atoms with Gasteiger partial charge < -0.3 is 9.67 Å². The van der Waals surface area contributed by atoms with E-state index in [0.717, 1.165) is 24.6 Å². The minimum Gasteiger partial charge on any atom is -0.481 e. The number of nitrogens with zero attached hydrogens (tertiary/aromatic N) is 2. The Hall–Kier alpha value is -1.27. The first-order chi connectivity index (χ1) is 9.88. The molecule has 0 amide bonds. The van der Waals surface area contributed by atoms with E-state index in [9.17, 15) is 9.18 Å². The Balaban J connectivity index is 2.06. The van der Waals surface area contributed by atoms with Crippen molar-refractivity contribution in [1.82, 2.24) is 9.55 Å². The average Bonchev–Trinajstić information content (AvgIpc) is 3.05. The quantitative estimate of drug-likeness (QED) is 0.848. The molecule has 2 aromatic rings. The second-order valence-corrected chi connectivity index (χ2v) is 7.08. The van der Waals surface area contributed by atoms with Crippen LogP contribution in [-0.4, -0.2) is 26.4 Å². The molecule has 1 aliphatic rings. The smallest absolute Gasteiger partial charge is 0.313 e. The first kappa shape index (κ1) is 14.7. The number of thioether (sulfide) groups is 1. The van der Waals surface area contributed by atoms with E-state index in [0.29, 0.717) is 22.7 Å². The molecule has 1 fully saturated rings. The van der Waals surface area contributed by atoms with E-state index in [1.807, 2.05) is 4.57 Å². The Morgan fingerprint density at radius 1 is 1.57 bits per heavy atom. The van der Waals surface area contributed by atoms with Crippen LogP contribution in [0.3, 0.4) is 0 Å². The van der Waals surface area contributed by atoms with E-state index >= 15 is 0 Å². The van der Waals surface area contributed by atoms with Gasteiger partial charge in [-0.15, -0.1) is 0 Å². The van der Waals surface area contributed by atoms with Crippen LogP contribution >= 0.6 is 23.4 Å². The van der Waals surface area contributed by atoms with Gasteiger partial charge in [-0.25, -0.2) is 9.37 Å². The van der Waals surface area contributed by atoms with Crippen molar-refractivity contribution in [3.63, 3.8) is 0 Å². The molecule has 1 aromatic heterocycles. The molecular formula is C14H14ClFN2O2S. The SMILES string of the molecule is CC1(Cn2c(SCC(=O)O)nc3cc(Cl)c(F)cc32)CC1. The van der Waals surface area contributed by atoms with Crippen LogP contribution in [-0.2, 0) is 11.3 Å². The van der Waals surface area contributed by atoms with E-state index in [4.69, 9.17) is 16.7 Å². The van der Waals surface area contributed by atoms with Crippen molar-refractivity contribution in [3.8, 4) is 0 Å². The van der Waals surface area contributed by atoms with E-state index in [1.54, 1.807) is 0 Å². The zero-order chi connectivity index (χ0) is 15.2. The highest BCUT2D eigenvalue weighted by atomic mass is 35.5. The fraction of sp³-hybridized carbons (Fsp3) is 0.429. The van der Waals surface area contributed by atoms with Crippen molar-refractivity contribution >= 4 is 40.4 Å². The molecule has 0 spiro atoms. The normalized spacial score (nSPS) is 16.3. The van der Waals surface area contributed by atoms with Crippen LogP contribution < -0.4 is 0 Å². The third-order valence-electron chi connectivity index (χ3n) is 3.72. The molecule has 21 heavy (non-hydrogen) atoms. The maximum absolute atomic E-state index is 13.7. The lowest BCUT2D eigenvalue weighted by Gasteiger charge is -2.13. The Morgan fingerprint density at radius 2 is 2.29 bits per heavy atom. The Kier molecular flexibility index (Phi) is 3.61. The zero-order valence-electron chi connectivity index (χ0n) is 11.4. The van der Waals surface area contributed by atoms with Crippen molar-refractivity contribution in [2.75, 3.05) is 5.75 Å². The highest BCUT2D eigenvalue weighted by Gasteiger charge is 2.38. The van der Waals surface area contributed by atoms with E-state index in [1.165, 1.54) is 12.1 Å². The molecule has 1 aromatic carbocycles. The van der Waals surface area contributed by atoms with Crippen LogP contribution in [0.25, 0.3) is 11.0 Å². The van der Waals surface area contributed by atoms with E-state index in [2.05, 4.69) is 11.9 Å². The molecule has 0 unspecified atom stereocenters. The molecule has 3 rings (SSSR count). The largest absolute Gasteiger partial charge is 0.481 e. The summed E-state index contributed by atoms with van der Waals surface area (Å²) in [6, 6.07) is 2.87. The number of fused-ring (bicyclic) bond motifs is 1. The maximum atomic E-state index is 13.7. The van der Waals surface area contributed by atoms with Crippen molar-refractivity contribution < 1.29 is 14.3 Å². The lowest BCUT2D eigenvalue weighted by Crippen LogP contribution is -2.10. The monoisotopic (exact) mass is 328 g/mol. The van der Waals surface area contributed by atoms with Gasteiger partial charge in [-0.1, -0.05) is 30.3 Å². The number of rotatable bonds is 5. The minimum absolute atomic E-state index is 0.0274. The average molecular weight is 329 g/mol. The Bertz CT molecular complexity index is 727. The van der Waals surface area contributed by atoms with Crippen molar-refractivity contribution in [3.05, 3.63) is 23.0 Å². The summed E-state index contributed by atoms with van der Waals surface area (Å²) in [6.45, 7) is 2.88. The van der Waals surface area contributed by atoms with Crippen molar-refractivity contribution in [2.45, 2.75) is 31.5 Å². The maximum Gasteiger partial charge on any atom is 0.313 e. The summed E-state index contributed by atoms with van der Waals surface area (Å²) in [5, 5.41) is 9.46. The second kappa shape index (κ2) is 5.18. The van der Waals surface area contributed by atoms with Gasteiger partial charge >= 0.3 is 5.97 Å². The summed E-state index contributed by atoms with van der Waals surface area (Å²) in [4.78, 5) is 15.2. The highest BCUT2D eigenvalue weighted by Crippen LogP contribution is 2.47. The summed E-state index contributed by atoms with van der Waals surface area (Å²) in [5.41, 5.74) is 1.46. The minimum atomic E-state index is -0.902. The molecule has 1 N–H and O–H groups in total. The molecule has 1 aliphatic carbocycles. The molecule has 0 saturated heterocycles. The molecule has 112 valence electrons. The van der Waals surface area contributed by atoms with Gasteiger partial charge in [-0.2, -0.15) is 0 Å². The molecule has 0 atom stereocenters. The van der Waals surface area contributed by atoms with E-state index < -0.39 is 11.8 Å². The lowest BCUT2D eigenvalue weighted by atomic mass is 10.1. The summed E-state index contributed by atoms with van der Waals surface area (Å²) >= 11 is 6.94. The second-order valence-electron chi connectivity index (χ2n) is 5.73. The predicted octanol–water partition coefficient (Wildman–Crippen LogP) is 3.81. The summed E-state index contributed by atoms with van der Waals surface area (Å²) in [7, 11) is 0. The predicted molar refractivity (Wildman–Crippen MR) is 80.4 cm³/mol. The van der Waals surface area contributed by atoms with Gasteiger partial charge in [0.2, 0.25) is 0 Å². The van der Waals surface area contributed by atoms with Crippen LogP contribution in [0.2, 0.25) is 5.02 Å². The Labute approximate surface area is 130 Å². The fourth-order valence-electron chi connectivity index (χ4n) is 2.24. The number of aromatic nitrogens is 2. The zero-order valence-corrected chi connectivity index (χ0v) is 13.0. The number of aliphatic carboxylic acids is 1. The molecule has 4 nitrogen and oxygen atoms in total. The summed E-state index contributed by atoms with van der Waals surface area (Å²) < 4.78 is 15.6. The fourth-order valence-corrected chi connectivity index (χ4v) is 3.13. The molecule has 1 saturated carbocycles. The number of carboxylic acids is 1. The standard InChI is InChI=1S/C14H14ClFN2O2S/c1-14(2-3-14)7-18-11-5-9(16)8(15)4-10(11)17-13(18)21-6-12(19)20/h4-5H,2-3,6-7H2,1H3,(H,19,20). The lowest BCUT2D eigenvalue weighted by molar-refractivity contribution is -0.133. The molecule has 7 heteroatoms. The van der Waals surface area contributed by atoms with Gasteiger partial charge in [-0.3, -0.25) is 4.79 Å². The van der Waals surface area contributed by atoms with Crippen molar-refractivity contribution in [2.24, 2.45) is 5.41 Å². The number of imidazole rings is 1. The first-order valence-corrected chi connectivity index (χ1v) is 7.94. The van der Waals surface area contributed by atoms with Crippen LogP contribution in [0.15, 0.2) is 17.3 Å². The number of benzene rings is 1. The molecule has 0 bridgehead atoms. The summed E-state index contributed by atoms with van der Waals surface area (Å²) in [6.07, 6.45) is 2.23. The van der Waals surface area contributed by atoms with Crippen molar-refractivity contribution in [1.29, 1.82) is 0 Å². The van der Waals surface area contributed by atoms with Crippen LogP contribution in [0, 0.1) is 11.2 Å². The third-order valence-corrected chi connectivity index (χ3v) is 4.97. The topological polar surface area (TPSA) is 55.1 Å². The van der Waals surface area contributed by atoms with Gasteiger partial charge in [-0.05, 0) is 24.3 Å². The van der Waals surface area contributed by atoms with Gasteiger partial charge in [0.25, 0.3) is 0 Å². The summed E-state index contributed by atoms with van der Waals surface area (Å²) in [5.74, 6) is -1.46. The highest BCUT2D eigenvalue weighted by molar-refractivity contribution is 7.99. The Morgan fingerprint density at radius 3 is 2.90 bits per heavy atom. The number of halogens is 2. The number of carbonyl (C=O) groups is 1. The van der Waals surface area contributed by atoms with E-state index in [-0.39, 0.29) is 16.2 Å². The number of carboxylic acid groups (broad SMARTS) is 1. The van der Waals surface area contributed by atoms with Gasteiger partial charge in [0.15, 0.2) is 5.16 Å².